The fourth-order valence-corrected chi connectivity index (χ4v) is 3.41. The van der Waals surface area contributed by atoms with Gasteiger partial charge in [0.25, 0.3) is 11.8 Å². The molecule has 2 aromatic carbocycles. The molecular weight excluding hydrogens is 394 g/mol. The molecule has 1 fully saturated rings. The summed E-state index contributed by atoms with van der Waals surface area (Å²) in [6.07, 6.45) is 0.937. The lowest BCUT2D eigenvalue weighted by molar-refractivity contribution is -0.896. The minimum absolute atomic E-state index is 0.0105. The average molecular weight is 427 g/mol. The Labute approximate surface area is 183 Å². The normalized spacial score (nSPS) is 14.2. The van der Waals surface area contributed by atoms with Crippen LogP contribution in [0.2, 0.25) is 0 Å². The number of nitrogens with one attached hydrogen (secondary N) is 2. The Morgan fingerprint density at radius 2 is 1.61 bits per heavy atom. The molecular formula is C24H32N3O4+. The highest BCUT2D eigenvalue weighted by molar-refractivity contribution is 5.78. The third kappa shape index (κ3) is 7.61. The van der Waals surface area contributed by atoms with Gasteiger partial charge in [-0.3, -0.25) is 9.59 Å². The molecule has 0 saturated carbocycles. The number of hydrogen-bond acceptors (Lipinski definition) is 4. The maximum Gasteiger partial charge on any atom is 0.275 e. The van der Waals surface area contributed by atoms with Crippen molar-refractivity contribution in [3.8, 4) is 11.5 Å². The third-order valence-electron chi connectivity index (χ3n) is 5.24. The standard InChI is InChI=1S/C24H31N3O4/c1-2-12-25-23(28)17-26-13-15-27(16-14-26)24(29)19-31-22-10-8-21(9-11-22)30-18-20-6-4-3-5-7-20/h3-11H,2,12-19H2,1H3,(H,25,28)/p+1. The quantitative estimate of drug-likeness (QED) is 0.592. The van der Waals surface area contributed by atoms with E-state index in [4.69, 9.17) is 9.47 Å². The highest BCUT2D eigenvalue weighted by Crippen LogP contribution is 2.18. The van der Waals surface area contributed by atoms with Gasteiger partial charge in [-0.1, -0.05) is 37.3 Å². The predicted octanol–water partition coefficient (Wildman–Crippen LogP) is 0.898. The van der Waals surface area contributed by atoms with Gasteiger partial charge in [0, 0.05) is 6.54 Å². The second kappa shape index (κ2) is 12.0. The molecule has 31 heavy (non-hydrogen) atoms. The van der Waals surface area contributed by atoms with Gasteiger partial charge in [0.05, 0.1) is 26.2 Å². The van der Waals surface area contributed by atoms with Crippen LogP contribution in [-0.4, -0.2) is 62.6 Å². The van der Waals surface area contributed by atoms with Crippen LogP contribution in [0.3, 0.4) is 0 Å². The smallest absolute Gasteiger partial charge is 0.275 e. The van der Waals surface area contributed by atoms with Crippen LogP contribution in [-0.2, 0) is 16.2 Å². The summed E-state index contributed by atoms with van der Waals surface area (Å²) in [5.41, 5.74) is 1.11. The minimum Gasteiger partial charge on any atom is -0.489 e. The molecule has 166 valence electrons. The number of piperazine rings is 1. The van der Waals surface area contributed by atoms with Crippen LogP contribution < -0.4 is 19.7 Å². The lowest BCUT2D eigenvalue weighted by Gasteiger charge is -2.31. The van der Waals surface area contributed by atoms with Crippen LogP contribution in [0.4, 0.5) is 0 Å². The summed E-state index contributed by atoms with van der Waals surface area (Å²) in [5.74, 6) is 1.44. The van der Waals surface area contributed by atoms with Gasteiger partial charge in [0.15, 0.2) is 13.2 Å². The molecule has 1 aliphatic rings. The van der Waals surface area contributed by atoms with Crippen molar-refractivity contribution >= 4 is 11.8 Å². The number of ether oxygens (including phenoxy) is 2. The summed E-state index contributed by atoms with van der Waals surface area (Å²) >= 11 is 0. The number of nitrogens with zero attached hydrogens (tertiary/aromatic N) is 1. The summed E-state index contributed by atoms with van der Waals surface area (Å²) < 4.78 is 11.4. The first-order valence-electron chi connectivity index (χ1n) is 10.9. The zero-order valence-electron chi connectivity index (χ0n) is 18.1. The van der Waals surface area contributed by atoms with E-state index in [-0.39, 0.29) is 18.4 Å². The Balaban J connectivity index is 1.35. The van der Waals surface area contributed by atoms with Gasteiger partial charge >= 0.3 is 0 Å². The number of carbonyl (C=O) groups excluding carboxylic acids is 2. The summed E-state index contributed by atoms with van der Waals surface area (Å²) in [4.78, 5) is 27.3. The molecule has 0 unspecified atom stereocenters. The molecule has 1 heterocycles. The van der Waals surface area contributed by atoms with E-state index in [2.05, 4.69) is 5.32 Å². The maximum absolute atomic E-state index is 12.5. The predicted molar refractivity (Wildman–Crippen MR) is 118 cm³/mol. The first-order valence-corrected chi connectivity index (χ1v) is 10.9. The average Bonchev–Trinajstić information content (AvgIpc) is 2.81. The SMILES string of the molecule is CCCNC(=O)C[NH+]1CCN(C(=O)COc2ccc(OCc3ccccc3)cc2)CC1. The highest BCUT2D eigenvalue weighted by atomic mass is 16.5. The number of carbonyl (C=O) groups is 2. The molecule has 3 rings (SSSR count). The van der Waals surface area contributed by atoms with Crippen molar-refractivity contribution in [1.29, 1.82) is 0 Å². The first kappa shape index (κ1) is 22.6. The molecule has 0 bridgehead atoms. The van der Waals surface area contributed by atoms with Gasteiger partial charge in [0.2, 0.25) is 0 Å². The van der Waals surface area contributed by atoms with Crippen LogP contribution in [0.1, 0.15) is 18.9 Å². The van der Waals surface area contributed by atoms with E-state index in [0.717, 1.165) is 30.8 Å². The van der Waals surface area contributed by atoms with Crippen molar-refractivity contribution < 1.29 is 24.0 Å². The molecule has 2 amide bonds. The van der Waals surface area contributed by atoms with Gasteiger partial charge in [-0.2, -0.15) is 0 Å². The number of rotatable bonds is 10. The van der Waals surface area contributed by atoms with E-state index in [0.29, 0.717) is 38.5 Å². The zero-order valence-corrected chi connectivity index (χ0v) is 18.1. The largest absolute Gasteiger partial charge is 0.489 e. The van der Waals surface area contributed by atoms with Gasteiger partial charge in [-0.25, -0.2) is 0 Å². The van der Waals surface area contributed by atoms with Gasteiger partial charge in [-0.05, 0) is 36.2 Å². The van der Waals surface area contributed by atoms with Crippen molar-refractivity contribution in [2.24, 2.45) is 0 Å². The number of hydrogen-bond donors (Lipinski definition) is 2. The van der Waals surface area contributed by atoms with Crippen molar-refractivity contribution in [3.63, 3.8) is 0 Å². The van der Waals surface area contributed by atoms with Crippen LogP contribution >= 0.6 is 0 Å². The van der Waals surface area contributed by atoms with Crippen molar-refractivity contribution in [2.45, 2.75) is 20.0 Å². The topological polar surface area (TPSA) is 72.3 Å². The van der Waals surface area contributed by atoms with Gasteiger partial charge in [-0.15, -0.1) is 0 Å². The molecule has 2 N–H and O–H groups in total. The highest BCUT2D eigenvalue weighted by Gasteiger charge is 2.25. The van der Waals surface area contributed by atoms with Crippen LogP contribution in [0.5, 0.6) is 11.5 Å². The second-order valence-corrected chi connectivity index (χ2v) is 7.69. The van der Waals surface area contributed by atoms with E-state index >= 15 is 0 Å². The third-order valence-corrected chi connectivity index (χ3v) is 5.24. The van der Waals surface area contributed by atoms with Crippen LogP contribution in [0, 0.1) is 0 Å². The van der Waals surface area contributed by atoms with Crippen molar-refractivity contribution in [2.75, 3.05) is 45.9 Å². The molecule has 0 atom stereocenters. The van der Waals surface area contributed by atoms with E-state index < -0.39 is 0 Å². The van der Waals surface area contributed by atoms with Crippen molar-refractivity contribution in [1.82, 2.24) is 10.2 Å². The number of amides is 2. The van der Waals surface area contributed by atoms with Gasteiger partial charge < -0.3 is 24.6 Å². The van der Waals surface area contributed by atoms with Crippen LogP contribution in [0.15, 0.2) is 54.6 Å². The van der Waals surface area contributed by atoms with Gasteiger partial charge in [0.1, 0.15) is 18.1 Å². The molecule has 1 saturated heterocycles. The summed E-state index contributed by atoms with van der Waals surface area (Å²) in [5, 5.41) is 2.90. The summed E-state index contributed by atoms with van der Waals surface area (Å²) in [6, 6.07) is 17.3. The molecule has 0 aliphatic carbocycles. The summed E-state index contributed by atoms with van der Waals surface area (Å²) in [7, 11) is 0. The fourth-order valence-electron chi connectivity index (χ4n) is 3.41. The molecule has 0 spiro atoms. The van der Waals surface area contributed by atoms with Crippen LogP contribution in [0.25, 0.3) is 0 Å². The first-order chi connectivity index (χ1) is 15.1. The summed E-state index contributed by atoms with van der Waals surface area (Å²) in [6.45, 7) is 6.58. The minimum atomic E-state index is -0.0288. The molecule has 0 aromatic heterocycles. The second-order valence-electron chi connectivity index (χ2n) is 7.69. The van der Waals surface area contributed by atoms with E-state index in [1.54, 1.807) is 0 Å². The lowest BCUT2D eigenvalue weighted by atomic mass is 10.2. The Hall–Kier alpha value is -3.06. The van der Waals surface area contributed by atoms with E-state index in [1.807, 2.05) is 66.4 Å². The maximum atomic E-state index is 12.5. The Morgan fingerprint density at radius 1 is 0.968 bits per heavy atom. The molecule has 7 nitrogen and oxygen atoms in total. The van der Waals surface area contributed by atoms with E-state index in [1.165, 1.54) is 4.90 Å². The molecule has 1 aliphatic heterocycles. The lowest BCUT2D eigenvalue weighted by Crippen LogP contribution is -3.15. The Morgan fingerprint density at radius 3 is 2.26 bits per heavy atom. The molecule has 7 heteroatoms. The monoisotopic (exact) mass is 426 g/mol. The fraction of sp³-hybridized carbons (Fsp3) is 0.417. The number of benzene rings is 2. The Bertz CT molecular complexity index is 818. The number of quaternary nitrogens is 1. The molecule has 2 aromatic rings. The van der Waals surface area contributed by atoms with E-state index in [9.17, 15) is 9.59 Å². The zero-order chi connectivity index (χ0) is 21.9. The Kier molecular flexibility index (Phi) is 8.72. The molecule has 0 radical (unpaired) electrons. The van der Waals surface area contributed by atoms with Crippen molar-refractivity contribution in [3.05, 3.63) is 60.2 Å².